The Balaban J connectivity index is 1.62. The Morgan fingerprint density at radius 2 is 1.87 bits per heavy atom. The molecule has 5 nitrogen and oxygen atoms in total. The number of carbonyl (C=O) groups excluding carboxylic acids is 1. The van der Waals surface area contributed by atoms with E-state index in [0.717, 1.165) is 37.0 Å². The van der Waals surface area contributed by atoms with E-state index in [-0.39, 0.29) is 23.6 Å². The monoisotopic (exact) mass is 309 g/mol. The van der Waals surface area contributed by atoms with Crippen LogP contribution in [0.25, 0.3) is 10.9 Å². The van der Waals surface area contributed by atoms with E-state index in [1.54, 1.807) is 0 Å². The first-order valence-electron chi connectivity index (χ1n) is 8.53. The maximum Gasteiger partial charge on any atom is 0.261 e. The molecule has 3 heterocycles. The Hall–Kier alpha value is -2.17. The lowest BCUT2D eigenvalue weighted by Crippen LogP contribution is -2.43. The summed E-state index contributed by atoms with van der Waals surface area (Å²) in [6.45, 7) is 0.598. The van der Waals surface area contributed by atoms with E-state index in [1.165, 1.54) is 0 Å². The van der Waals surface area contributed by atoms with E-state index in [1.807, 2.05) is 28.8 Å². The molecule has 1 aromatic carbocycles. The number of fused-ring (bicyclic) bond motifs is 4. The molecule has 1 amide bonds. The topological polar surface area (TPSA) is 55.2 Å². The molecule has 0 radical (unpaired) electrons. The van der Waals surface area contributed by atoms with Crippen molar-refractivity contribution in [2.45, 2.75) is 50.7 Å². The summed E-state index contributed by atoms with van der Waals surface area (Å²) in [6, 6.07) is 7.91. The molecular weight excluding hydrogens is 290 g/mol. The zero-order chi connectivity index (χ0) is 15.6. The van der Waals surface area contributed by atoms with Gasteiger partial charge in [0, 0.05) is 24.9 Å². The van der Waals surface area contributed by atoms with Crippen molar-refractivity contribution in [1.29, 1.82) is 0 Å². The second-order valence-corrected chi connectivity index (χ2v) is 7.07. The lowest BCUT2D eigenvalue weighted by Gasteiger charge is -2.27. The highest BCUT2D eigenvalue weighted by atomic mass is 16.2. The van der Waals surface area contributed by atoms with Crippen molar-refractivity contribution in [2.75, 3.05) is 0 Å². The summed E-state index contributed by atoms with van der Waals surface area (Å²) in [5.41, 5.74) is 0.804. The van der Waals surface area contributed by atoms with Crippen molar-refractivity contribution in [3.63, 3.8) is 0 Å². The van der Waals surface area contributed by atoms with E-state index in [0.29, 0.717) is 24.3 Å². The van der Waals surface area contributed by atoms with Crippen molar-refractivity contribution in [1.82, 2.24) is 14.5 Å². The van der Waals surface area contributed by atoms with Crippen molar-refractivity contribution in [3.8, 4) is 0 Å². The molecule has 1 saturated heterocycles. The van der Waals surface area contributed by atoms with Crippen LogP contribution in [-0.4, -0.2) is 32.4 Å². The summed E-state index contributed by atoms with van der Waals surface area (Å²) < 4.78 is 1.82. The molecule has 0 spiro atoms. The van der Waals surface area contributed by atoms with Crippen molar-refractivity contribution < 1.29 is 4.79 Å². The quantitative estimate of drug-likeness (QED) is 0.806. The average Bonchev–Trinajstić information content (AvgIpc) is 3.33. The van der Waals surface area contributed by atoms with Crippen LogP contribution >= 0.6 is 0 Å². The highest BCUT2D eigenvalue weighted by molar-refractivity contribution is 5.82. The van der Waals surface area contributed by atoms with Crippen molar-refractivity contribution >= 4 is 16.8 Å². The van der Waals surface area contributed by atoms with Crippen LogP contribution in [0, 0.1) is 5.92 Å². The number of carbonyl (C=O) groups is 1. The predicted octanol–water partition coefficient (Wildman–Crippen LogP) is 1.72. The third kappa shape index (κ3) is 1.95. The van der Waals surface area contributed by atoms with Crippen LogP contribution in [0.1, 0.15) is 31.5 Å². The van der Waals surface area contributed by atoms with Gasteiger partial charge in [0.05, 0.1) is 16.9 Å². The third-order valence-corrected chi connectivity index (χ3v) is 5.55. The molecule has 2 fully saturated rings. The minimum atomic E-state index is 0.0389. The molecule has 2 bridgehead atoms. The summed E-state index contributed by atoms with van der Waals surface area (Å²) in [5.74, 6) is 1.39. The lowest BCUT2D eigenvalue weighted by atomic mass is 10.1. The lowest BCUT2D eigenvalue weighted by molar-refractivity contribution is -0.135. The third-order valence-electron chi connectivity index (χ3n) is 5.55. The molecule has 1 saturated carbocycles. The Morgan fingerprint density at radius 3 is 2.70 bits per heavy atom. The Labute approximate surface area is 133 Å². The van der Waals surface area contributed by atoms with Gasteiger partial charge in [-0.15, -0.1) is 0 Å². The first-order chi connectivity index (χ1) is 11.2. The minimum Gasteiger partial charge on any atom is -0.334 e. The van der Waals surface area contributed by atoms with Gasteiger partial charge in [-0.05, 0) is 37.8 Å². The summed E-state index contributed by atoms with van der Waals surface area (Å²) in [4.78, 5) is 32.3. The second kappa shape index (κ2) is 4.66. The number of rotatable bonds is 1. The van der Waals surface area contributed by atoms with Gasteiger partial charge >= 0.3 is 0 Å². The molecular formula is C18H19N3O2. The molecule has 23 heavy (non-hydrogen) atoms. The van der Waals surface area contributed by atoms with Crippen LogP contribution in [0.4, 0.5) is 0 Å². The number of aromatic nitrogens is 2. The van der Waals surface area contributed by atoms with Gasteiger partial charge in [0.15, 0.2) is 0 Å². The van der Waals surface area contributed by atoms with Gasteiger partial charge in [-0.1, -0.05) is 12.1 Å². The number of nitrogens with zero attached hydrogens (tertiary/aromatic N) is 3. The van der Waals surface area contributed by atoms with Gasteiger partial charge < -0.3 is 4.90 Å². The first-order valence-corrected chi connectivity index (χ1v) is 8.53. The SMILES string of the molecule is O=C(C1CC1)N1[C@@H]2CC[C@H]1Cc1nc3ccccc3c(=O)n1C2. The van der Waals surface area contributed by atoms with Gasteiger partial charge in [0.25, 0.3) is 5.56 Å². The fourth-order valence-corrected chi connectivity index (χ4v) is 4.22. The van der Waals surface area contributed by atoms with Crippen LogP contribution < -0.4 is 5.56 Å². The summed E-state index contributed by atoms with van der Waals surface area (Å²) in [6.07, 6.45) is 4.80. The van der Waals surface area contributed by atoms with E-state index < -0.39 is 0 Å². The maximum atomic E-state index is 12.8. The van der Waals surface area contributed by atoms with Gasteiger partial charge in [-0.25, -0.2) is 4.98 Å². The largest absolute Gasteiger partial charge is 0.334 e. The summed E-state index contributed by atoms with van der Waals surface area (Å²) >= 11 is 0. The Kier molecular flexibility index (Phi) is 2.69. The van der Waals surface area contributed by atoms with E-state index in [4.69, 9.17) is 4.98 Å². The molecule has 1 aromatic heterocycles. The van der Waals surface area contributed by atoms with Crippen molar-refractivity contribution in [2.24, 2.45) is 5.92 Å². The minimum absolute atomic E-state index is 0.0389. The van der Waals surface area contributed by atoms with Gasteiger partial charge in [0.1, 0.15) is 5.82 Å². The standard InChI is InChI=1S/C18H19N3O2/c22-17(11-5-6-11)21-12-7-8-13(21)10-20-16(9-12)19-15-4-2-1-3-14(15)18(20)23/h1-4,11-13H,5-10H2/t12-,13+/m0/s1. The first kappa shape index (κ1) is 13.3. The number of benzene rings is 1. The molecule has 0 N–H and O–H groups in total. The number of amides is 1. The fourth-order valence-electron chi connectivity index (χ4n) is 4.22. The molecule has 1 aliphatic carbocycles. The number of hydrogen-bond donors (Lipinski definition) is 0. The maximum absolute atomic E-state index is 12.8. The smallest absolute Gasteiger partial charge is 0.261 e. The molecule has 0 unspecified atom stereocenters. The van der Waals surface area contributed by atoms with Crippen molar-refractivity contribution in [3.05, 3.63) is 40.4 Å². The highest BCUT2D eigenvalue weighted by Crippen LogP contribution is 2.38. The van der Waals surface area contributed by atoms with Gasteiger partial charge in [0.2, 0.25) is 5.91 Å². The molecule has 3 aliphatic rings. The predicted molar refractivity (Wildman–Crippen MR) is 86.1 cm³/mol. The number of para-hydroxylation sites is 1. The van der Waals surface area contributed by atoms with Gasteiger partial charge in [-0.3, -0.25) is 14.2 Å². The molecule has 2 aromatic rings. The molecule has 2 aliphatic heterocycles. The normalized spacial score (nSPS) is 26.2. The van der Waals surface area contributed by atoms with E-state index in [2.05, 4.69) is 4.90 Å². The van der Waals surface area contributed by atoms with E-state index in [9.17, 15) is 9.59 Å². The average molecular weight is 309 g/mol. The van der Waals surface area contributed by atoms with Crippen LogP contribution in [0.3, 0.4) is 0 Å². The Morgan fingerprint density at radius 1 is 1.09 bits per heavy atom. The molecule has 5 heteroatoms. The summed E-state index contributed by atoms with van der Waals surface area (Å²) in [5, 5.41) is 0.675. The van der Waals surface area contributed by atoms with Crippen LogP contribution in [0.15, 0.2) is 29.1 Å². The van der Waals surface area contributed by atoms with Crippen LogP contribution in [0.2, 0.25) is 0 Å². The van der Waals surface area contributed by atoms with Crippen LogP contribution in [0.5, 0.6) is 0 Å². The molecule has 5 rings (SSSR count). The fraction of sp³-hybridized carbons (Fsp3) is 0.500. The Bertz CT molecular complexity index is 868. The van der Waals surface area contributed by atoms with E-state index >= 15 is 0 Å². The highest BCUT2D eigenvalue weighted by Gasteiger charge is 2.45. The zero-order valence-electron chi connectivity index (χ0n) is 12.9. The van der Waals surface area contributed by atoms with Crippen LogP contribution in [-0.2, 0) is 17.8 Å². The molecule has 2 atom stereocenters. The van der Waals surface area contributed by atoms with Gasteiger partial charge in [-0.2, -0.15) is 0 Å². The molecule has 118 valence electrons. The summed E-state index contributed by atoms with van der Waals surface area (Å²) in [7, 11) is 0. The zero-order valence-corrected chi connectivity index (χ0v) is 12.9. The number of hydrogen-bond acceptors (Lipinski definition) is 3. The second-order valence-electron chi connectivity index (χ2n) is 7.07.